The normalized spacial score (nSPS) is 15.7. The molecule has 2 aromatic rings. The van der Waals surface area contributed by atoms with E-state index in [1.165, 1.54) is 36.1 Å². The van der Waals surface area contributed by atoms with E-state index in [4.69, 9.17) is 0 Å². The fourth-order valence-corrected chi connectivity index (χ4v) is 4.11. The molecule has 1 aromatic heterocycles. The average molecular weight is 546 g/mol. The summed E-state index contributed by atoms with van der Waals surface area (Å²) in [6, 6.07) is 8.70. The molecule has 27 heavy (non-hydrogen) atoms. The molecule has 0 aliphatic heterocycles. The van der Waals surface area contributed by atoms with Gasteiger partial charge in [-0.1, -0.05) is 34.5 Å². The molecule has 0 unspecified atom stereocenters. The number of hydrogen-bond acceptors (Lipinski definition) is 2. The third-order valence-corrected chi connectivity index (χ3v) is 6.15. The lowest BCUT2D eigenvalue weighted by atomic mass is 9.64. The minimum atomic E-state index is 0. The molecule has 1 saturated carbocycles. The lowest BCUT2D eigenvalue weighted by Crippen LogP contribution is -2.48. The van der Waals surface area contributed by atoms with E-state index in [1.54, 1.807) is 0 Å². The second kappa shape index (κ2) is 9.41. The molecule has 1 fully saturated rings. The van der Waals surface area contributed by atoms with Crippen molar-refractivity contribution in [2.45, 2.75) is 45.1 Å². The number of guanidine groups is 1. The van der Waals surface area contributed by atoms with Gasteiger partial charge in [-0.2, -0.15) is 5.10 Å². The van der Waals surface area contributed by atoms with Crippen LogP contribution in [-0.2, 0) is 19.0 Å². The van der Waals surface area contributed by atoms with Gasteiger partial charge in [-0.25, -0.2) is 0 Å². The average Bonchev–Trinajstić information content (AvgIpc) is 2.82. The number of benzene rings is 1. The van der Waals surface area contributed by atoms with Crippen LogP contribution in [0.5, 0.6) is 0 Å². The molecule has 0 saturated heterocycles. The van der Waals surface area contributed by atoms with Crippen molar-refractivity contribution >= 4 is 45.9 Å². The lowest BCUT2D eigenvalue weighted by molar-refractivity contribution is 0.243. The van der Waals surface area contributed by atoms with Crippen LogP contribution in [0, 0.1) is 13.8 Å². The standard InChI is InChI=1S/C20H28BrN5.HI/c1-14-18(15(2)26(4)25-14)12-23-19(22-3)24-13-20(9-6-10-20)16-7-5-8-17(21)11-16;/h5,7-8,11H,6,9-10,12-13H2,1-4H3,(H2,22,23,24);1H. The van der Waals surface area contributed by atoms with Crippen molar-refractivity contribution in [1.29, 1.82) is 0 Å². The van der Waals surface area contributed by atoms with Gasteiger partial charge in [-0.3, -0.25) is 9.67 Å². The molecule has 1 aliphatic carbocycles. The Morgan fingerprint density at radius 3 is 2.56 bits per heavy atom. The highest BCUT2D eigenvalue weighted by molar-refractivity contribution is 14.0. The second-order valence-corrected chi connectivity index (χ2v) is 8.11. The number of nitrogens with zero attached hydrogens (tertiary/aromatic N) is 3. The van der Waals surface area contributed by atoms with Crippen molar-refractivity contribution in [2.24, 2.45) is 12.0 Å². The van der Waals surface area contributed by atoms with E-state index in [-0.39, 0.29) is 29.4 Å². The first kappa shape index (κ1) is 22.2. The number of aryl methyl sites for hydroxylation is 2. The van der Waals surface area contributed by atoms with Gasteiger partial charge in [0.25, 0.3) is 0 Å². The molecular formula is C20H29BrIN5. The van der Waals surface area contributed by atoms with Crippen LogP contribution < -0.4 is 10.6 Å². The summed E-state index contributed by atoms with van der Waals surface area (Å²) in [7, 11) is 3.81. The second-order valence-electron chi connectivity index (χ2n) is 7.20. The van der Waals surface area contributed by atoms with Gasteiger partial charge < -0.3 is 10.6 Å². The zero-order chi connectivity index (χ0) is 18.7. The Labute approximate surface area is 187 Å². The lowest BCUT2D eigenvalue weighted by Gasteiger charge is -2.43. The minimum absolute atomic E-state index is 0. The smallest absolute Gasteiger partial charge is 0.191 e. The summed E-state index contributed by atoms with van der Waals surface area (Å²) < 4.78 is 3.07. The Bertz CT molecular complexity index is 811. The third kappa shape index (κ3) is 4.85. The summed E-state index contributed by atoms with van der Waals surface area (Å²) in [6.07, 6.45) is 3.72. The number of rotatable bonds is 5. The summed E-state index contributed by atoms with van der Waals surface area (Å²) in [5.41, 5.74) is 5.11. The maximum atomic E-state index is 4.48. The van der Waals surface area contributed by atoms with E-state index in [1.807, 2.05) is 18.8 Å². The van der Waals surface area contributed by atoms with Crippen molar-refractivity contribution in [3.05, 3.63) is 51.3 Å². The van der Waals surface area contributed by atoms with Crippen molar-refractivity contribution < 1.29 is 0 Å². The van der Waals surface area contributed by atoms with Gasteiger partial charge >= 0.3 is 0 Å². The fourth-order valence-electron chi connectivity index (χ4n) is 3.71. The molecule has 3 rings (SSSR count). The Morgan fingerprint density at radius 1 is 1.30 bits per heavy atom. The Balaban J connectivity index is 0.00000261. The van der Waals surface area contributed by atoms with Crippen molar-refractivity contribution in [3.63, 3.8) is 0 Å². The molecule has 0 radical (unpaired) electrons. The minimum Gasteiger partial charge on any atom is -0.356 e. The van der Waals surface area contributed by atoms with Gasteiger partial charge in [0.05, 0.1) is 5.69 Å². The van der Waals surface area contributed by atoms with Crippen molar-refractivity contribution in [1.82, 2.24) is 20.4 Å². The first-order valence-corrected chi connectivity index (χ1v) is 9.94. The number of halogens is 2. The topological polar surface area (TPSA) is 54.2 Å². The first-order valence-electron chi connectivity index (χ1n) is 9.15. The number of aromatic nitrogens is 2. The summed E-state index contributed by atoms with van der Waals surface area (Å²) in [6.45, 7) is 5.78. The van der Waals surface area contributed by atoms with Crippen LogP contribution in [0.3, 0.4) is 0 Å². The number of nitrogens with one attached hydrogen (secondary N) is 2. The molecule has 0 spiro atoms. The van der Waals surface area contributed by atoms with Crippen LogP contribution in [0.1, 0.15) is 41.8 Å². The first-order chi connectivity index (χ1) is 12.4. The van der Waals surface area contributed by atoms with Crippen LogP contribution in [0.15, 0.2) is 33.7 Å². The maximum Gasteiger partial charge on any atom is 0.191 e. The third-order valence-electron chi connectivity index (χ3n) is 5.66. The number of aliphatic imine (C=N–C) groups is 1. The predicted octanol–water partition coefficient (Wildman–Crippen LogP) is 4.20. The molecule has 5 nitrogen and oxygen atoms in total. The monoisotopic (exact) mass is 545 g/mol. The quantitative estimate of drug-likeness (QED) is 0.336. The molecule has 1 aromatic carbocycles. The molecule has 148 valence electrons. The Morgan fingerprint density at radius 2 is 2.04 bits per heavy atom. The summed E-state index contributed by atoms with van der Waals surface area (Å²) in [5, 5.41) is 11.5. The molecule has 2 N–H and O–H groups in total. The van der Waals surface area contributed by atoms with Crippen LogP contribution in [-0.4, -0.2) is 29.3 Å². The van der Waals surface area contributed by atoms with Gasteiger partial charge in [-0.15, -0.1) is 24.0 Å². The fraction of sp³-hybridized carbons (Fsp3) is 0.500. The molecular weight excluding hydrogens is 517 g/mol. The van der Waals surface area contributed by atoms with Gasteiger partial charge in [0, 0.05) is 48.3 Å². The summed E-state index contributed by atoms with van der Waals surface area (Å²) >= 11 is 3.60. The van der Waals surface area contributed by atoms with Crippen LogP contribution in [0.4, 0.5) is 0 Å². The summed E-state index contributed by atoms with van der Waals surface area (Å²) in [4.78, 5) is 4.40. The zero-order valence-electron chi connectivity index (χ0n) is 16.5. The van der Waals surface area contributed by atoms with E-state index in [0.717, 1.165) is 29.2 Å². The highest BCUT2D eigenvalue weighted by atomic mass is 127. The molecule has 1 aliphatic rings. The molecule has 0 amide bonds. The van der Waals surface area contributed by atoms with Crippen LogP contribution in [0.2, 0.25) is 0 Å². The highest BCUT2D eigenvalue weighted by Crippen LogP contribution is 2.43. The molecule has 7 heteroatoms. The van der Waals surface area contributed by atoms with E-state index >= 15 is 0 Å². The summed E-state index contributed by atoms with van der Waals surface area (Å²) in [5.74, 6) is 0.842. The van der Waals surface area contributed by atoms with Crippen molar-refractivity contribution in [2.75, 3.05) is 13.6 Å². The van der Waals surface area contributed by atoms with Gasteiger partial charge in [0.1, 0.15) is 0 Å². The maximum absolute atomic E-state index is 4.48. The van der Waals surface area contributed by atoms with Crippen LogP contribution >= 0.6 is 39.9 Å². The van der Waals surface area contributed by atoms with Gasteiger partial charge in [0.2, 0.25) is 0 Å². The van der Waals surface area contributed by atoms with Gasteiger partial charge in [-0.05, 0) is 44.4 Å². The zero-order valence-corrected chi connectivity index (χ0v) is 20.4. The molecule has 1 heterocycles. The number of hydrogen-bond donors (Lipinski definition) is 2. The molecule has 0 atom stereocenters. The van der Waals surface area contributed by atoms with E-state index in [9.17, 15) is 0 Å². The largest absolute Gasteiger partial charge is 0.356 e. The van der Waals surface area contributed by atoms with E-state index in [2.05, 4.69) is 74.8 Å². The molecule has 0 bridgehead atoms. The Kier molecular flexibility index (Phi) is 7.73. The Hall–Kier alpha value is -1.09. The van der Waals surface area contributed by atoms with Crippen molar-refractivity contribution in [3.8, 4) is 0 Å². The van der Waals surface area contributed by atoms with E-state index < -0.39 is 0 Å². The SMILES string of the molecule is CN=C(NCc1c(C)nn(C)c1C)NCC1(c2cccc(Br)c2)CCC1.I. The highest BCUT2D eigenvalue weighted by Gasteiger charge is 2.38. The van der Waals surface area contributed by atoms with E-state index in [0.29, 0.717) is 0 Å². The predicted molar refractivity (Wildman–Crippen MR) is 126 cm³/mol. The van der Waals surface area contributed by atoms with Crippen LogP contribution in [0.25, 0.3) is 0 Å². The van der Waals surface area contributed by atoms with Gasteiger partial charge in [0.15, 0.2) is 5.96 Å².